The van der Waals surface area contributed by atoms with E-state index in [-0.39, 0.29) is 17.5 Å². The summed E-state index contributed by atoms with van der Waals surface area (Å²) in [5, 5.41) is 12.1. The van der Waals surface area contributed by atoms with Crippen LogP contribution in [-0.2, 0) is 4.79 Å². The van der Waals surface area contributed by atoms with Crippen molar-refractivity contribution in [1.29, 1.82) is 0 Å². The lowest BCUT2D eigenvalue weighted by atomic mass is 9.87. The van der Waals surface area contributed by atoms with Gasteiger partial charge >= 0.3 is 12.0 Å². The van der Waals surface area contributed by atoms with Gasteiger partial charge in [0.15, 0.2) is 0 Å². The van der Waals surface area contributed by atoms with Crippen molar-refractivity contribution in [2.75, 3.05) is 11.6 Å². The summed E-state index contributed by atoms with van der Waals surface area (Å²) in [6.07, 6.45) is 3.21. The number of hydrogen-bond acceptors (Lipinski definition) is 3. The number of carboxylic acids is 1. The molecule has 0 aromatic carbocycles. The van der Waals surface area contributed by atoms with Crippen LogP contribution < -0.4 is 5.32 Å². The van der Waals surface area contributed by atoms with Crippen LogP contribution in [0.25, 0.3) is 0 Å². The van der Waals surface area contributed by atoms with Gasteiger partial charge in [0.05, 0.1) is 5.88 Å². The number of aliphatic carboxylic acids is 1. The summed E-state index contributed by atoms with van der Waals surface area (Å²) < 4.78 is 0. The third-order valence-corrected chi connectivity index (χ3v) is 5.00. The largest absolute Gasteiger partial charge is 0.480 e. The Bertz CT molecular complexity index is 359. The monoisotopic (exact) mass is 272 g/mol. The van der Waals surface area contributed by atoms with Crippen molar-refractivity contribution in [3.63, 3.8) is 0 Å². The van der Waals surface area contributed by atoms with Gasteiger partial charge in [0, 0.05) is 11.8 Å². The Morgan fingerprint density at radius 2 is 2.17 bits per heavy atom. The van der Waals surface area contributed by atoms with Crippen molar-refractivity contribution < 1.29 is 14.7 Å². The Kier molecular flexibility index (Phi) is 3.75. The molecule has 2 atom stereocenters. The number of nitrogens with zero attached hydrogens (tertiary/aromatic N) is 1. The van der Waals surface area contributed by atoms with Crippen LogP contribution in [0.4, 0.5) is 4.79 Å². The lowest BCUT2D eigenvalue weighted by molar-refractivity contribution is -0.140. The Labute approximate surface area is 111 Å². The lowest BCUT2D eigenvalue weighted by Gasteiger charge is -2.30. The van der Waals surface area contributed by atoms with Gasteiger partial charge < -0.3 is 15.3 Å². The average molecular weight is 272 g/mol. The second-order valence-corrected chi connectivity index (χ2v) is 6.71. The minimum atomic E-state index is -0.916. The fourth-order valence-corrected chi connectivity index (χ4v) is 3.82. The first-order valence-electron chi connectivity index (χ1n) is 6.29. The van der Waals surface area contributed by atoms with Crippen molar-refractivity contribution in [2.24, 2.45) is 5.41 Å². The summed E-state index contributed by atoms with van der Waals surface area (Å²) >= 11 is 1.49. The molecule has 2 unspecified atom stereocenters. The summed E-state index contributed by atoms with van der Waals surface area (Å²) in [6, 6.07) is -0.753. The summed E-state index contributed by atoms with van der Waals surface area (Å²) in [7, 11) is 0. The molecule has 0 aromatic heterocycles. The minimum Gasteiger partial charge on any atom is -0.480 e. The van der Waals surface area contributed by atoms with Gasteiger partial charge in [0.25, 0.3) is 0 Å². The van der Waals surface area contributed by atoms with E-state index in [0.717, 1.165) is 19.3 Å². The van der Waals surface area contributed by atoms with E-state index in [1.807, 2.05) is 0 Å². The predicted octanol–water partition coefficient (Wildman–Crippen LogP) is 1.73. The molecule has 5 nitrogen and oxygen atoms in total. The molecule has 2 fully saturated rings. The van der Waals surface area contributed by atoms with E-state index in [9.17, 15) is 9.59 Å². The third kappa shape index (κ3) is 2.58. The van der Waals surface area contributed by atoms with E-state index in [1.54, 1.807) is 0 Å². The Balaban J connectivity index is 1.97. The molecule has 18 heavy (non-hydrogen) atoms. The topological polar surface area (TPSA) is 69.6 Å². The number of rotatable bonds is 2. The van der Waals surface area contributed by atoms with E-state index in [1.165, 1.54) is 16.7 Å². The first-order chi connectivity index (χ1) is 8.42. The van der Waals surface area contributed by atoms with Crippen LogP contribution in [0.3, 0.4) is 0 Å². The molecule has 1 saturated heterocycles. The van der Waals surface area contributed by atoms with Crippen molar-refractivity contribution in [1.82, 2.24) is 10.2 Å². The molecule has 2 aliphatic rings. The molecule has 2 amide bonds. The maximum atomic E-state index is 12.1. The number of carbonyl (C=O) groups is 2. The summed E-state index contributed by atoms with van der Waals surface area (Å²) in [5.41, 5.74) is 0.112. The minimum absolute atomic E-state index is 0.112. The molecule has 102 valence electrons. The SMILES string of the molecule is CC1(C)CCCC1NC(=O)N1CSCC1C(=O)O. The number of thioether (sulfide) groups is 1. The van der Waals surface area contributed by atoms with Gasteiger partial charge in [-0.05, 0) is 18.3 Å². The first-order valence-corrected chi connectivity index (χ1v) is 7.45. The van der Waals surface area contributed by atoms with Crippen LogP contribution in [0.15, 0.2) is 0 Å². The molecule has 1 aliphatic carbocycles. The quantitative estimate of drug-likeness (QED) is 0.803. The zero-order chi connectivity index (χ0) is 13.3. The molecule has 2 N–H and O–H groups in total. The molecule has 1 saturated carbocycles. The number of urea groups is 1. The number of hydrogen-bond donors (Lipinski definition) is 2. The van der Waals surface area contributed by atoms with E-state index < -0.39 is 12.0 Å². The summed E-state index contributed by atoms with van der Waals surface area (Å²) in [6.45, 7) is 4.30. The zero-order valence-electron chi connectivity index (χ0n) is 10.8. The highest BCUT2D eigenvalue weighted by Crippen LogP contribution is 2.37. The second-order valence-electron chi connectivity index (χ2n) is 5.71. The summed E-state index contributed by atoms with van der Waals surface area (Å²) in [5.74, 6) is 0.0353. The van der Waals surface area contributed by atoms with Crippen LogP contribution in [0.2, 0.25) is 0 Å². The lowest BCUT2D eigenvalue weighted by Crippen LogP contribution is -2.51. The van der Waals surface area contributed by atoms with Crippen LogP contribution in [-0.4, -0.2) is 45.7 Å². The fourth-order valence-electron chi connectivity index (χ4n) is 2.67. The van der Waals surface area contributed by atoms with E-state index in [0.29, 0.717) is 11.6 Å². The molecular weight excluding hydrogens is 252 g/mol. The molecule has 0 spiro atoms. The molecule has 0 radical (unpaired) electrons. The van der Waals surface area contributed by atoms with Crippen LogP contribution in [0, 0.1) is 5.41 Å². The van der Waals surface area contributed by atoms with Crippen molar-refractivity contribution in [2.45, 2.75) is 45.2 Å². The van der Waals surface area contributed by atoms with Crippen molar-refractivity contribution in [3.05, 3.63) is 0 Å². The fraction of sp³-hybridized carbons (Fsp3) is 0.833. The van der Waals surface area contributed by atoms with Gasteiger partial charge in [0.1, 0.15) is 6.04 Å². The van der Waals surface area contributed by atoms with Gasteiger partial charge in [0.2, 0.25) is 0 Å². The Hall–Kier alpha value is -0.910. The summed E-state index contributed by atoms with van der Waals surface area (Å²) in [4.78, 5) is 24.6. The third-order valence-electron chi connectivity index (χ3n) is 3.98. The molecule has 0 aromatic rings. The highest BCUT2D eigenvalue weighted by atomic mass is 32.2. The molecule has 1 heterocycles. The van der Waals surface area contributed by atoms with E-state index in [4.69, 9.17) is 5.11 Å². The Morgan fingerprint density at radius 3 is 2.72 bits per heavy atom. The number of nitrogens with one attached hydrogen (secondary N) is 1. The highest BCUT2D eigenvalue weighted by molar-refractivity contribution is 7.99. The van der Waals surface area contributed by atoms with Crippen molar-refractivity contribution >= 4 is 23.8 Å². The Morgan fingerprint density at radius 1 is 1.44 bits per heavy atom. The standard InChI is InChI=1S/C12H20N2O3S/c1-12(2)5-3-4-9(12)13-11(17)14-7-18-6-8(14)10(15)16/h8-9H,3-7H2,1-2H3,(H,13,17)(H,15,16). The molecule has 2 rings (SSSR count). The van der Waals surface area contributed by atoms with Crippen LogP contribution in [0.5, 0.6) is 0 Å². The van der Waals surface area contributed by atoms with Gasteiger partial charge in [-0.15, -0.1) is 11.8 Å². The van der Waals surface area contributed by atoms with Crippen LogP contribution >= 0.6 is 11.8 Å². The average Bonchev–Trinajstić information content (AvgIpc) is 2.86. The highest BCUT2D eigenvalue weighted by Gasteiger charge is 2.39. The molecular formula is C12H20N2O3S. The normalized spacial score (nSPS) is 30.4. The number of carboxylic acid groups (broad SMARTS) is 1. The molecule has 0 bridgehead atoms. The van der Waals surface area contributed by atoms with Gasteiger partial charge in [-0.25, -0.2) is 9.59 Å². The van der Waals surface area contributed by atoms with Gasteiger partial charge in [-0.1, -0.05) is 20.3 Å². The maximum absolute atomic E-state index is 12.1. The number of amides is 2. The zero-order valence-corrected chi connectivity index (χ0v) is 11.6. The van der Waals surface area contributed by atoms with E-state index in [2.05, 4.69) is 19.2 Å². The predicted molar refractivity (Wildman–Crippen MR) is 70.5 cm³/mol. The van der Waals surface area contributed by atoms with Crippen molar-refractivity contribution in [3.8, 4) is 0 Å². The second kappa shape index (κ2) is 4.99. The van der Waals surface area contributed by atoms with Gasteiger partial charge in [-0.2, -0.15) is 0 Å². The van der Waals surface area contributed by atoms with Crippen LogP contribution in [0.1, 0.15) is 33.1 Å². The number of carbonyl (C=O) groups excluding carboxylic acids is 1. The first kappa shape index (κ1) is 13.5. The smallest absolute Gasteiger partial charge is 0.327 e. The molecule has 1 aliphatic heterocycles. The maximum Gasteiger partial charge on any atom is 0.327 e. The van der Waals surface area contributed by atoms with Gasteiger partial charge in [-0.3, -0.25) is 0 Å². The van der Waals surface area contributed by atoms with E-state index >= 15 is 0 Å². The molecule has 6 heteroatoms.